The summed E-state index contributed by atoms with van der Waals surface area (Å²) >= 11 is 0. The van der Waals surface area contributed by atoms with E-state index in [4.69, 9.17) is 4.99 Å². The number of hydrazine groups is 1. The molecule has 2 aromatic carbocycles. The zero-order valence-corrected chi connectivity index (χ0v) is 18.1. The van der Waals surface area contributed by atoms with Gasteiger partial charge < -0.3 is 10.6 Å². The molecule has 1 aromatic heterocycles. The first-order valence-corrected chi connectivity index (χ1v) is 11.0. The van der Waals surface area contributed by atoms with E-state index in [2.05, 4.69) is 32.3 Å². The molecule has 0 radical (unpaired) electrons. The van der Waals surface area contributed by atoms with E-state index < -0.39 is 12.5 Å². The Hall–Kier alpha value is -3.04. The van der Waals surface area contributed by atoms with Crippen molar-refractivity contribution in [1.29, 1.82) is 0 Å². The fourth-order valence-electron chi connectivity index (χ4n) is 4.29. The van der Waals surface area contributed by atoms with Crippen molar-refractivity contribution >= 4 is 22.5 Å². The quantitative estimate of drug-likeness (QED) is 0.442. The highest BCUT2D eigenvalue weighted by atomic mass is 19.3. The van der Waals surface area contributed by atoms with Crippen LogP contribution in [0.1, 0.15) is 54.6 Å². The van der Waals surface area contributed by atoms with Crippen LogP contribution < -0.4 is 16.1 Å². The molecule has 3 aromatic rings. The highest BCUT2D eigenvalue weighted by Gasteiger charge is 2.30. The van der Waals surface area contributed by atoms with Gasteiger partial charge >= 0.3 is 0 Å². The molecule has 2 heterocycles. The maximum Gasteiger partial charge on any atom is 0.257 e. The normalized spacial score (nSPS) is 19.6. The van der Waals surface area contributed by atoms with E-state index >= 15 is 0 Å². The van der Waals surface area contributed by atoms with Crippen LogP contribution in [0.4, 0.5) is 14.5 Å². The second kappa shape index (κ2) is 8.48. The molecule has 1 aliphatic carbocycles. The summed E-state index contributed by atoms with van der Waals surface area (Å²) in [4.78, 5) is 4.80. The lowest BCUT2D eigenvalue weighted by molar-refractivity contribution is 0.0993. The number of halogens is 2. The Morgan fingerprint density at radius 2 is 1.94 bits per heavy atom. The molecule has 2 aliphatic rings. The smallest absolute Gasteiger partial charge is 0.257 e. The number of fused-ring (bicyclic) bond motifs is 1. The number of nitrogens with one attached hydrogen (secondary N) is 4. The SMILES string of the molecule is CCNC(c1ccc(C2N=C(Nc3ccc4[nH]ncc4c3C3CC3)N(C)N2)cc1)C(F)F. The number of nitrogens with zero attached hydrogens (tertiary/aromatic N) is 3. The molecule has 7 nitrogen and oxygen atoms in total. The lowest BCUT2D eigenvalue weighted by Gasteiger charge is -2.19. The summed E-state index contributed by atoms with van der Waals surface area (Å²) in [5, 5.41) is 16.6. The number of hydrogen-bond acceptors (Lipinski definition) is 6. The van der Waals surface area contributed by atoms with E-state index in [0.717, 1.165) is 22.2 Å². The van der Waals surface area contributed by atoms with Crippen molar-refractivity contribution in [3.63, 3.8) is 0 Å². The second-order valence-electron chi connectivity index (χ2n) is 8.34. The third kappa shape index (κ3) is 3.93. The minimum atomic E-state index is -2.46. The monoisotopic (exact) mass is 439 g/mol. The van der Waals surface area contributed by atoms with Gasteiger partial charge in [-0.05, 0) is 54.1 Å². The number of H-pyrrole nitrogens is 1. The van der Waals surface area contributed by atoms with Gasteiger partial charge in [-0.1, -0.05) is 31.2 Å². The van der Waals surface area contributed by atoms with E-state index in [9.17, 15) is 8.78 Å². The fraction of sp³-hybridized carbons (Fsp3) is 0.391. The van der Waals surface area contributed by atoms with Gasteiger partial charge in [-0.3, -0.25) is 10.1 Å². The van der Waals surface area contributed by atoms with Crippen molar-refractivity contribution < 1.29 is 8.78 Å². The van der Waals surface area contributed by atoms with Crippen LogP contribution in [0.15, 0.2) is 47.6 Å². The topological polar surface area (TPSA) is 80.4 Å². The molecule has 2 atom stereocenters. The lowest BCUT2D eigenvalue weighted by atomic mass is 10.0. The third-order valence-electron chi connectivity index (χ3n) is 6.07. The summed E-state index contributed by atoms with van der Waals surface area (Å²) < 4.78 is 26.7. The minimum Gasteiger partial charge on any atom is -0.325 e. The van der Waals surface area contributed by atoms with Gasteiger partial charge in [0, 0.05) is 18.1 Å². The van der Waals surface area contributed by atoms with E-state index in [0.29, 0.717) is 24.0 Å². The van der Waals surface area contributed by atoms with Crippen molar-refractivity contribution in [3.8, 4) is 0 Å². The van der Waals surface area contributed by atoms with Crippen molar-refractivity contribution in [2.24, 2.45) is 4.99 Å². The molecule has 1 saturated carbocycles. The van der Waals surface area contributed by atoms with Crippen LogP contribution >= 0.6 is 0 Å². The van der Waals surface area contributed by atoms with E-state index in [1.807, 2.05) is 43.4 Å². The molecular weight excluding hydrogens is 412 g/mol. The van der Waals surface area contributed by atoms with Crippen LogP contribution in [0.2, 0.25) is 0 Å². The van der Waals surface area contributed by atoms with E-state index in [1.54, 1.807) is 12.1 Å². The Labute approximate surface area is 185 Å². The molecule has 1 fully saturated rings. The molecule has 0 bridgehead atoms. The highest BCUT2D eigenvalue weighted by Crippen LogP contribution is 2.46. The number of benzene rings is 2. The first kappa shape index (κ1) is 20.8. The Kier molecular flexibility index (Phi) is 5.52. The number of aromatic amines is 1. The van der Waals surface area contributed by atoms with Crippen LogP contribution in [-0.4, -0.2) is 41.2 Å². The van der Waals surface area contributed by atoms with Gasteiger partial charge in [-0.25, -0.2) is 19.2 Å². The number of aromatic nitrogens is 2. The first-order valence-electron chi connectivity index (χ1n) is 11.0. The summed E-state index contributed by atoms with van der Waals surface area (Å²) in [6.07, 6.45) is 1.50. The number of rotatable bonds is 7. The van der Waals surface area contributed by atoms with Crippen LogP contribution in [0.25, 0.3) is 10.9 Å². The van der Waals surface area contributed by atoms with Crippen LogP contribution in [0.3, 0.4) is 0 Å². The zero-order chi connectivity index (χ0) is 22.2. The zero-order valence-electron chi connectivity index (χ0n) is 18.1. The molecule has 1 aliphatic heterocycles. The molecule has 0 spiro atoms. The summed E-state index contributed by atoms with van der Waals surface area (Å²) in [6.45, 7) is 2.31. The number of guanidine groups is 1. The van der Waals surface area contributed by atoms with E-state index in [1.165, 1.54) is 18.4 Å². The molecule has 0 amide bonds. The largest absolute Gasteiger partial charge is 0.325 e. The number of hydrogen-bond donors (Lipinski definition) is 4. The highest BCUT2D eigenvalue weighted by molar-refractivity contribution is 5.98. The summed E-state index contributed by atoms with van der Waals surface area (Å²) in [5.41, 5.74) is 8.15. The number of alkyl halides is 2. The third-order valence-corrected chi connectivity index (χ3v) is 6.07. The van der Waals surface area contributed by atoms with Crippen LogP contribution in [-0.2, 0) is 0 Å². The number of aliphatic imine (C=N–C) groups is 1. The van der Waals surface area contributed by atoms with Crippen molar-refractivity contribution in [3.05, 3.63) is 59.3 Å². The fourth-order valence-corrected chi connectivity index (χ4v) is 4.29. The first-order chi connectivity index (χ1) is 15.5. The van der Waals surface area contributed by atoms with E-state index in [-0.39, 0.29) is 6.17 Å². The molecule has 5 rings (SSSR count). The van der Waals surface area contributed by atoms with Crippen molar-refractivity contribution in [2.75, 3.05) is 18.9 Å². The summed E-state index contributed by atoms with van der Waals surface area (Å²) in [5.74, 6) is 1.25. The predicted octanol–water partition coefficient (Wildman–Crippen LogP) is 4.27. The van der Waals surface area contributed by atoms with Gasteiger partial charge in [0.25, 0.3) is 6.43 Å². The second-order valence-corrected chi connectivity index (χ2v) is 8.34. The molecule has 9 heteroatoms. The minimum absolute atomic E-state index is 0.289. The summed E-state index contributed by atoms with van der Waals surface area (Å²) in [6, 6.07) is 10.3. The van der Waals surface area contributed by atoms with Gasteiger partial charge in [0.05, 0.1) is 17.8 Å². The molecule has 2 unspecified atom stereocenters. The Morgan fingerprint density at radius 3 is 2.62 bits per heavy atom. The summed E-state index contributed by atoms with van der Waals surface area (Å²) in [7, 11) is 1.91. The lowest BCUT2D eigenvalue weighted by Crippen LogP contribution is -2.37. The molecule has 32 heavy (non-hydrogen) atoms. The average molecular weight is 440 g/mol. The predicted molar refractivity (Wildman–Crippen MR) is 122 cm³/mol. The van der Waals surface area contributed by atoms with Crippen LogP contribution in [0.5, 0.6) is 0 Å². The van der Waals surface area contributed by atoms with Gasteiger partial charge in [-0.2, -0.15) is 5.10 Å². The average Bonchev–Trinajstić information content (AvgIpc) is 3.39. The Morgan fingerprint density at radius 1 is 1.16 bits per heavy atom. The van der Waals surface area contributed by atoms with Gasteiger partial charge in [0.2, 0.25) is 5.96 Å². The van der Waals surface area contributed by atoms with Crippen molar-refractivity contribution in [2.45, 2.75) is 44.3 Å². The number of anilines is 1. The maximum absolute atomic E-state index is 13.3. The maximum atomic E-state index is 13.3. The van der Waals surface area contributed by atoms with Gasteiger partial charge in [-0.15, -0.1) is 0 Å². The molecule has 0 saturated heterocycles. The molecule has 4 N–H and O–H groups in total. The van der Waals surface area contributed by atoms with Gasteiger partial charge in [0.15, 0.2) is 0 Å². The molecular formula is C23H27F2N7. The van der Waals surface area contributed by atoms with Crippen LogP contribution in [0, 0.1) is 0 Å². The molecule has 168 valence electrons. The van der Waals surface area contributed by atoms with Crippen molar-refractivity contribution in [1.82, 2.24) is 25.9 Å². The standard InChI is InChI=1S/C23H27F2N7/c1-3-26-20(21(24)25)14-6-8-15(9-7-14)22-29-23(32(2)31-22)28-18-11-10-17-16(12-27-30-17)19(18)13-4-5-13/h6-13,20-22,26,31H,3-5H2,1-2H3,(H,27,30)(H,28,29). The Bertz CT molecular complexity index is 1120. The Balaban J connectivity index is 1.37. The van der Waals surface area contributed by atoms with Gasteiger partial charge in [0.1, 0.15) is 6.17 Å².